The van der Waals surface area contributed by atoms with E-state index in [4.69, 9.17) is 9.72 Å². The normalized spacial score (nSPS) is 13.3. The van der Waals surface area contributed by atoms with E-state index in [1.165, 1.54) is 16.9 Å². The van der Waals surface area contributed by atoms with E-state index in [1.807, 2.05) is 59.2 Å². The summed E-state index contributed by atoms with van der Waals surface area (Å²) in [4.78, 5) is 21.0. The van der Waals surface area contributed by atoms with Gasteiger partial charge in [0.15, 0.2) is 0 Å². The van der Waals surface area contributed by atoms with Gasteiger partial charge in [-0.1, -0.05) is 66.7 Å². The number of nitrogens with zero attached hydrogens (tertiary/aromatic N) is 2. The van der Waals surface area contributed by atoms with Crippen molar-refractivity contribution in [1.82, 2.24) is 9.55 Å². The highest BCUT2D eigenvalue weighted by atomic mass is 32.1. The molecule has 0 amide bonds. The van der Waals surface area contributed by atoms with Crippen molar-refractivity contribution in [2.45, 2.75) is 32.2 Å². The van der Waals surface area contributed by atoms with E-state index in [9.17, 15) is 4.79 Å². The van der Waals surface area contributed by atoms with Gasteiger partial charge < -0.3 is 4.74 Å². The number of thiophene rings is 1. The zero-order valence-electron chi connectivity index (χ0n) is 18.3. The fourth-order valence-corrected chi connectivity index (χ4v) is 6.07. The number of benzene rings is 3. The Labute approximate surface area is 196 Å². The predicted molar refractivity (Wildman–Crippen MR) is 135 cm³/mol. The van der Waals surface area contributed by atoms with Crippen LogP contribution < -0.4 is 10.3 Å². The molecular weight excluding hydrogens is 428 g/mol. The molecule has 2 aromatic heterocycles. The Hall–Kier alpha value is -3.44. The van der Waals surface area contributed by atoms with Crippen molar-refractivity contribution in [1.29, 1.82) is 0 Å². The van der Waals surface area contributed by atoms with E-state index in [0.29, 0.717) is 19.0 Å². The second-order valence-electron chi connectivity index (χ2n) is 8.48. The summed E-state index contributed by atoms with van der Waals surface area (Å²) in [6.45, 7) is 0.840. The summed E-state index contributed by atoms with van der Waals surface area (Å²) in [5.74, 6) is 1.55. The van der Waals surface area contributed by atoms with Crippen molar-refractivity contribution >= 4 is 32.3 Å². The molecule has 0 radical (unpaired) electrons. The van der Waals surface area contributed by atoms with Crippen LogP contribution in [0.3, 0.4) is 0 Å². The topological polar surface area (TPSA) is 44.1 Å². The fourth-order valence-electron chi connectivity index (χ4n) is 4.82. The number of hydrogen-bond acceptors (Lipinski definition) is 4. The van der Waals surface area contributed by atoms with E-state index in [2.05, 4.69) is 18.2 Å². The van der Waals surface area contributed by atoms with Crippen LogP contribution in [0.5, 0.6) is 5.75 Å². The number of aryl methyl sites for hydroxylation is 2. The molecular formula is C28H24N2O2S. The van der Waals surface area contributed by atoms with E-state index in [1.54, 1.807) is 11.3 Å². The molecule has 1 aliphatic rings. The van der Waals surface area contributed by atoms with E-state index in [-0.39, 0.29) is 5.56 Å². The molecule has 0 atom stereocenters. The van der Waals surface area contributed by atoms with Crippen LogP contribution in [-0.2, 0) is 19.4 Å². The lowest BCUT2D eigenvalue weighted by atomic mass is 9.97. The van der Waals surface area contributed by atoms with Crippen molar-refractivity contribution in [3.05, 3.63) is 93.6 Å². The number of hydrogen-bond donors (Lipinski definition) is 0. The molecule has 6 rings (SSSR count). The molecule has 0 saturated carbocycles. The minimum atomic E-state index is 0.0553. The van der Waals surface area contributed by atoms with E-state index in [0.717, 1.165) is 51.6 Å². The number of aromatic nitrogens is 2. The van der Waals surface area contributed by atoms with Crippen LogP contribution >= 0.6 is 11.3 Å². The Bertz CT molecular complexity index is 1510. The minimum Gasteiger partial charge on any atom is -0.491 e. The van der Waals surface area contributed by atoms with Crippen molar-refractivity contribution in [3.8, 4) is 17.1 Å². The van der Waals surface area contributed by atoms with E-state index < -0.39 is 0 Å². The van der Waals surface area contributed by atoms with Crippen LogP contribution in [0, 0.1) is 0 Å². The van der Waals surface area contributed by atoms with Crippen molar-refractivity contribution in [3.63, 3.8) is 0 Å². The summed E-state index contributed by atoms with van der Waals surface area (Å²) in [6, 6.07) is 24.3. The molecule has 164 valence electrons. The second-order valence-corrected chi connectivity index (χ2v) is 9.56. The zero-order chi connectivity index (χ0) is 22.2. The first-order chi connectivity index (χ1) is 16.3. The maximum Gasteiger partial charge on any atom is 0.262 e. The van der Waals surface area contributed by atoms with Gasteiger partial charge in [0.25, 0.3) is 5.56 Å². The quantitative estimate of drug-likeness (QED) is 0.317. The van der Waals surface area contributed by atoms with Gasteiger partial charge in [-0.2, -0.15) is 0 Å². The number of rotatable bonds is 5. The molecule has 4 nitrogen and oxygen atoms in total. The zero-order valence-corrected chi connectivity index (χ0v) is 19.1. The molecule has 0 bridgehead atoms. The molecule has 5 heteroatoms. The Morgan fingerprint density at radius 2 is 1.70 bits per heavy atom. The van der Waals surface area contributed by atoms with Crippen molar-refractivity contribution in [2.75, 3.05) is 6.61 Å². The third-order valence-electron chi connectivity index (χ3n) is 6.43. The molecule has 1 aliphatic carbocycles. The van der Waals surface area contributed by atoms with Gasteiger partial charge in [-0.3, -0.25) is 9.36 Å². The van der Waals surface area contributed by atoms with Gasteiger partial charge in [0.1, 0.15) is 23.0 Å². The maximum absolute atomic E-state index is 13.8. The summed E-state index contributed by atoms with van der Waals surface area (Å²) in [7, 11) is 0. The fraction of sp³-hybridized carbons (Fsp3) is 0.214. The summed E-state index contributed by atoms with van der Waals surface area (Å²) in [5, 5.41) is 3.04. The molecule has 0 N–H and O–H groups in total. The number of fused-ring (bicyclic) bond motifs is 4. The third kappa shape index (κ3) is 3.62. The third-order valence-corrected chi connectivity index (χ3v) is 7.61. The lowest BCUT2D eigenvalue weighted by Gasteiger charge is -2.15. The molecule has 2 heterocycles. The smallest absolute Gasteiger partial charge is 0.262 e. The van der Waals surface area contributed by atoms with Gasteiger partial charge in [0.05, 0.1) is 11.9 Å². The van der Waals surface area contributed by atoms with Gasteiger partial charge in [-0.05, 0) is 42.7 Å². The van der Waals surface area contributed by atoms with Crippen LogP contribution in [0.25, 0.3) is 32.4 Å². The number of ether oxygens (including phenoxy) is 1. The molecule has 0 unspecified atom stereocenters. The van der Waals surface area contributed by atoms with Gasteiger partial charge in [0.2, 0.25) is 0 Å². The summed E-state index contributed by atoms with van der Waals surface area (Å²) < 4.78 is 8.00. The minimum absolute atomic E-state index is 0.0553. The average molecular weight is 453 g/mol. The molecule has 0 fully saturated rings. The Morgan fingerprint density at radius 1 is 0.909 bits per heavy atom. The Morgan fingerprint density at radius 3 is 2.61 bits per heavy atom. The standard InChI is InChI=1S/C28H24N2O2S/c31-28-25-22-14-6-7-16-24(22)33-27(25)29-26(20-10-2-1-3-11-20)30(28)17-18-32-23-15-8-12-19-9-4-5-13-21(19)23/h1-5,8-13,15H,6-7,14,16-18H2. The highest BCUT2D eigenvalue weighted by molar-refractivity contribution is 7.18. The Balaban J connectivity index is 1.41. The SMILES string of the molecule is O=c1c2c3c(sc2nc(-c2ccccc2)n1CCOc1cccc2ccccc12)CCCC3. The van der Waals surface area contributed by atoms with Crippen LogP contribution in [-0.4, -0.2) is 16.2 Å². The maximum atomic E-state index is 13.8. The Kier molecular flexibility index (Phi) is 5.19. The molecule has 0 saturated heterocycles. The highest BCUT2D eigenvalue weighted by Crippen LogP contribution is 2.35. The summed E-state index contributed by atoms with van der Waals surface area (Å²) >= 11 is 1.70. The first-order valence-corrected chi connectivity index (χ1v) is 12.3. The lowest BCUT2D eigenvalue weighted by Crippen LogP contribution is -2.26. The van der Waals surface area contributed by atoms with Crippen LogP contribution in [0.1, 0.15) is 23.3 Å². The first kappa shape index (κ1) is 20.2. The molecule has 3 aromatic carbocycles. The summed E-state index contributed by atoms with van der Waals surface area (Å²) in [5.41, 5.74) is 2.23. The largest absolute Gasteiger partial charge is 0.491 e. The van der Waals surface area contributed by atoms with Crippen molar-refractivity contribution in [2.24, 2.45) is 0 Å². The monoisotopic (exact) mass is 452 g/mol. The van der Waals surface area contributed by atoms with Crippen LogP contribution in [0.2, 0.25) is 0 Å². The van der Waals surface area contributed by atoms with Gasteiger partial charge in [0, 0.05) is 15.8 Å². The molecule has 5 aromatic rings. The molecule has 33 heavy (non-hydrogen) atoms. The van der Waals surface area contributed by atoms with Crippen molar-refractivity contribution < 1.29 is 4.74 Å². The summed E-state index contributed by atoms with van der Waals surface area (Å²) in [6.07, 6.45) is 4.37. The lowest BCUT2D eigenvalue weighted by molar-refractivity contribution is 0.300. The molecule has 0 spiro atoms. The van der Waals surface area contributed by atoms with Crippen LogP contribution in [0.15, 0.2) is 77.6 Å². The molecule has 0 aliphatic heterocycles. The van der Waals surface area contributed by atoms with E-state index >= 15 is 0 Å². The first-order valence-electron chi connectivity index (χ1n) is 11.5. The average Bonchev–Trinajstić information content (AvgIpc) is 3.24. The van der Waals surface area contributed by atoms with Crippen LogP contribution in [0.4, 0.5) is 0 Å². The highest BCUT2D eigenvalue weighted by Gasteiger charge is 2.22. The second kappa shape index (κ2) is 8.49. The van der Waals surface area contributed by atoms with Gasteiger partial charge >= 0.3 is 0 Å². The predicted octanol–water partition coefficient (Wildman–Crippen LogP) is 6.24. The van der Waals surface area contributed by atoms with Gasteiger partial charge in [-0.25, -0.2) is 4.98 Å². The van der Waals surface area contributed by atoms with Gasteiger partial charge in [-0.15, -0.1) is 11.3 Å².